The van der Waals surface area contributed by atoms with Crippen LogP contribution in [-0.2, 0) is 24.0 Å². The number of Topliss-reactive ketones (excluding diaryl/α,β-unsaturated/α-hetero) is 1. The molecule has 4 aliphatic carbocycles. The monoisotopic (exact) mass is 586 g/mol. The van der Waals surface area contributed by atoms with Crippen molar-refractivity contribution in [1.82, 2.24) is 5.32 Å². The summed E-state index contributed by atoms with van der Waals surface area (Å²) in [6.07, 6.45) is 10.6. The molecular weight excluding hydrogens is 536 g/mol. The molecule has 9 heteroatoms. The van der Waals surface area contributed by atoms with Crippen molar-refractivity contribution in [2.75, 3.05) is 13.2 Å². The average molecular weight is 587 g/mol. The fourth-order valence-electron chi connectivity index (χ4n) is 9.81. The molecule has 0 aromatic carbocycles. The van der Waals surface area contributed by atoms with E-state index in [2.05, 4.69) is 30.4 Å². The van der Waals surface area contributed by atoms with Crippen LogP contribution < -0.4 is 5.32 Å². The van der Waals surface area contributed by atoms with Gasteiger partial charge in [0, 0.05) is 18.1 Å². The summed E-state index contributed by atoms with van der Waals surface area (Å²) in [5, 5.41) is 28.0. The largest absolute Gasteiger partial charge is 0.481 e. The number of aliphatic hydroxyl groups is 1. The predicted molar refractivity (Wildman–Crippen MR) is 158 cm³/mol. The summed E-state index contributed by atoms with van der Waals surface area (Å²) in [7, 11) is 0. The zero-order chi connectivity index (χ0) is 30.5. The first-order chi connectivity index (χ1) is 19.7. The van der Waals surface area contributed by atoms with Crippen molar-refractivity contribution < 1.29 is 34.2 Å². The molecule has 9 nitrogen and oxygen atoms in total. The molecule has 1 amide bonds. The van der Waals surface area contributed by atoms with Gasteiger partial charge < -0.3 is 25.1 Å². The highest BCUT2D eigenvalue weighted by Gasteiger charge is 2.65. The van der Waals surface area contributed by atoms with E-state index in [0.29, 0.717) is 43.6 Å². The highest BCUT2D eigenvalue weighted by Crippen LogP contribution is 2.67. The molecule has 1 heterocycles. The average Bonchev–Trinajstić information content (AvgIpc) is 3.19. The SMILES string of the molecule is CC(=O)[C@]1(O)CC[C@H]2[C@@H]3CCC4=C/C(=N\OCC(=O)N[C@H](CC(=O)O)[C@@H]5CCOC(C)(C)C5)CC[C@]4(C)[C@H]3CC[C@@]21C. The Hall–Kier alpha value is -2.26. The van der Waals surface area contributed by atoms with Gasteiger partial charge in [0.15, 0.2) is 12.4 Å². The molecule has 234 valence electrons. The number of ketones is 1. The lowest BCUT2D eigenvalue weighted by atomic mass is 9.46. The fraction of sp³-hybridized carbons (Fsp3) is 0.818. The maximum Gasteiger partial charge on any atom is 0.305 e. The van der Waals surface area contributed by atoms with Crippen molar-refractivity contribution in [2.24, 2.45) is 39.7 Å². The molecule has 4 fully saturated rings. The molecule has 1 aliphatic heterocycles. The van der Waals surface area contributed by atoms with Gasteiger partial charge in [0.2, 0.25) is 0 Å². The molecule has 0 radical (unpaired) electrons. The number of carbonyl (C=O) groups is 3. The van der Waals surface area contributed by atoms with Crippen molar-refractivity contribution in [1.29, 1.82) is 0 Å². The Kier molecular flexibility index (Phi) is 8.42. The van der Waals surface area contributed by atoms with Crippen LogP contribution in [0.4, 0.5) is 0 Å². The minimum atomic E-state index is -1.19. The van der Waals surface area contributed by atoms with Crippen LogP contribution in [0.5, 0.6) is 0 Å². The number of hydrogen-bond acceptors (Lipinski definition) is 7. The maximum absolute atomic E-state index is 12.7. The van der Waals surface area contributed by atoms with Crippen molar-refractivity contribution in [3.63, 3.8) is 0 Å². The van der Waals surface area contributed by atoms with Gasteiger partial charge in [-0.3, -0.25) is 14.4 Å². The minimum Gasteiger partial charge on any atom is -0.481 e. The molecule has 0 unspecified atom stereocenters. The van der Waals surface area contributed by atoms with Gasteiger partial charge in [-0.15, -0.1) is 0 Å². The number of oxime groups is 1. The molecule has 0 aromatic rings. The van der Waals surface area contributed by atoms with E-state index < -0.39 is 17.6 Å². The molecule has 5 rings (SSSR count). The number of ether oxygens (including phenoxy) is 1. The van der Waals surface area contributed by atoms with Crippen LogP contribution in [0, 0.1) is 34.5 Å². The Bertz CT molecular complexity index is 1160. The first-order valence-electron chi connectivity index (χ1n) is 16.0. The number of nitrogens with one attached hydrogen (secondary N) is 1. The second kappa shape index (κ2) is 11.3. The van der Waals surface area contributed by atoms with Crippen LogP contribution in [0.2, 0.25) is 0 Å². The van der Waals surface area contributed by atoms with E-state index in [1.807, 2.05) is 13.8 Å². The smallest absolute Gasteiger partial charge is 0.305 e. The Morgan fingerprint density at radius 2 is 1.81 bits per heavy atom. The number of carboxylic acids is 1. The first kappa shape index (κ1) is 31.2. The summed E-state index contributed by atoms with van der Waals surface area (Å²) in [6.45, 7) is 10.4. The third-order valence-corrected chi connectivity index (χ3v) is 12.1. The van der Waals surface area contributed by atoms with E-state index in [1.54, 1.807) is 6.92 Å². The van der Waals surface area contributed by atoms with Crippen molar-refractivity contribution in [2.45, 2.75) is 122 Å². The van der Waals surface area contributed by atoms with E-state index in [1.165, 1.54) is 5.57 Å². The molecule has 42 heavy (non-hydrogen) atoms. The van der Waals surface area contributed by atoms with Gasteiger partial charge in [0.25, 0.3) is 5.91 Å². The summed E-state index contributed by atoms with van der Waals surface area (Å²) in [5.41, 5.74) is 0.437. The third kappa shape index (κ3) is 5.56. The summed E-state index contributed by atoms with van der Waals surface area (Å²) >= 11 is 0. The quantitative estimate of drug-likeness (QED) is 0.348. The van der Waals surface area contributed by atoms with Crippen LogP contribution in [0.15, 0.2) is 16.8 Å². The van der Waals surface area contributed by atoms with E-state index >= 15 is 0 Å². The lowest BCUT2D eigenvalue weighted by Crippen LogP contribution is -2.57. The Balaban J connectivity index is 1.20. The third-order valence-electron chi connectivity index (χ3n) is 12.1. The van der Waals surface area contributed by atoms with Gasteiger partial charge in [-0.1, -0.05) is 24.6 Å². The molecule has 0 bridgehead atoms. The zero-order valence-electron chi connectivity index (χ0n) is 26.0. The molecular formula is C33H50N2O7. The molecule has 1 saturated heterocycles. The summed E-state index contributed by atoms with van der Waals surface area (Å²) < 4.78 is 5.77. The van der Waals surface area contributed by atoms with Gasteiger partial charge in [0.1, 0.15) is 5.60 Å². The van der Waals surface area contributed by atoms with Crippen molar-refractivity contribution >= 4 is 23.4 Å². The van der Waals surface area contributed by atoms with Gasteiger partial charge >= 0.3 is 5.97 Å². The molecule has 5 aliphatic rings. The minimum absolute atomic E-state index is 0.0224. The van der Waals surface area contributed by atoms with E-state index in [9.17, 15) is 24.6 Å². The standard InChI is InChI=1S/C33H50N2O7/c1-20(36)33(40)14-10-26-24-7-6-22-16-23(8-12-31(22,4)25(24)9-13-32(26,33)5)35-42-19-28(37)34-27(17-29(38)39)21-11-15-41-30(2,3)18-21/h16,21,24-27,40H,6-15,17-19H2,1-5H3,(H,34,37)(H,38,39)/b35-23-/t21-,24-,25+,26+,27-,31+,32+,33-/m1/s1. The summed E-state index contributed by atoms with van der Waals surface area (Å²) in [5.74, 6) is 0.0492. The van der Waals surface area contributed by atoms with Gasteiger partial charge in [0.05, 0.1) is 17.7 Å². The molecule has 0 spiro atoms. The van der Waals surface area contributed by atoms with E-state index in [-0.39, 0.29) is 47.1 Å². The molecule has 3 saturated carbocycles. The number of rotatable bonds is 8. The lowest BCUT2D eigenvalue weighted by Gasteiger charge is -2.59. The predicted octanol–water partition coefficient (Wildman–Crippen LogP) is 4.81. The Morgan fingerprint density at radius 3 is 2.50 bits per heavy atom. The van der Waals surface area contributed by atoms with E-state index in [4.69, 9.17) is 9.57 Å². The normalized spacial score (nSPS) is 40.6. The Morgan fingerprint density at radius 1 is 1.07 bits per heavy atom. The maximum atomic E-state index is 12.7. The first-order valence-corrected chi connectivity index (χ1v) is 16.0. The van der Waals surface area contributed by atoms with Gasteiger partial charge in [-0.2, -0.15) is 0 Å². The van der Waals surface area contributed by atoms with Gasteiger partial charge in [-0.05, 0) is 120 Å². The summed E-state index contributed by atoms with van der Waals surface area (Å²) in [6, 6.07) is -0.481. The fourth-order valence-corrected chi connectivity index (χ4v) is 9.81. The number of fused-ring (bicyclic) bond motifs is 5. The van der Waals surface area contributed by atoms with Crippen LogP contribution in [-0.4, -0.2) is 64.0 Å². The van der Waals surface area contributed by atoms with Crippen LogP contribution >= 0.6 is 0 Å². The number of aliphatic carboxylic acids is 1. The van der Waals surface area contributed by atoms with Crippen molar-refractivity contribution in [3.05, 3.63) is 11.6 Å². The molecule has 3 N–H and O–H groups in total. The topological polar surface area (TPSA) is 135 Å². The second-order valence-corrected chi connectivity index (χ2v) is 14.9. The number of carbonyl (C=O) groups excluding carboxylic acids is 2. The number of nitrogens with zero attached hydrogens (tertiary/aromatic N) is 1. The number of amides is 1. The molecule has 0 aromatic heterocycles. The number of allylic oxidation sites excluding steroid dienone is 2. The number of carboxylic acid groups (broad SMARTS) is 1. The Labute approximate surface area is 249 Å². The van der Waals surface area contributed by atoms with Crippen LogP contribution in [0.1, 0.15) is 105 Å². The second-order valence-electron chi connectivity index (χ2n) is 14.9. The van der Waals surface area contributed by atoms with E-state index in [0.717, 1.165) is 50.7 Å². The van der Waals surface area contributed by atoms with Gasteiger partial charge in [-0.25, -0.2) is 0 Å². The zero-order valence-corrected chi connectivity index (χ0v) is 26.0. The van der Waals surface area contributed by atoms with Crippen LogP contribution in [0.3, 0.4) is 0 Å². The highest BCUT2D eigenvalue weighted by atomic mass is 16.6. The highest BCUT2D eigenvalue weighted by molar-refractivity contribution is 5.96. The number of hydrogen-bond donors (Lipinski definition) is 3. The lowest BCUT2D eigenvalue weighted by molar-refractivity contribution is -0.159. The summed E-state index contributed by atoms with van der Waals surface area (Å²) in [4.78, 5) is 42.2. The van der Waals surface area contributed by atoms with Crippen molar-refractivity contribution in [3.8, 4) is 0 Å². The molecule has 8 atom stereocenters. The van der Waals surface area contributed by atoms with Crippen LogP contribution in [0.25, 0.3) is 0 Å².